The Morgan fingerprint density at radius 1 is 0.758 bits per heavy atom. The van der Waals surface area contributed by atoms with Gasteiger partial charge in [-0.1, -0.05) is 112 Å². The Kier molecular flexibility index (Phi) is 16.4. The van der Waals surface area contributed by atoms with E-state index in [4.69, 9.17) is 0 Å². The van der Waals surface area contributed by atoms with E-state index >= 15 is 0 Å². The number of benzene rings is 3. The lowest BCUT2D eigenvalue weighted by Crippen LogP contribution is -1.88. The number of ketones is 1. The molecule has 0 spiro atoms. The summed E-state index contributed by atoms with van der Waals surface area (Å²) < 4.78 is 0. The Morgan fingerprint density at radius 2 is 1.33 bits per heavy atom. The standard InChI is InChI=1S/C18H20.C8H8O.C4H10.C2H2/c1-14-11-12-17(13-16(14)3)8-6-10-18-9-5-4-7-15(18)2;1-7(9)8-5-3-2-4-6-8;1-3-4-2;1-2/h4-9,11-13H,10H2,1-3H3;2-6H,1H3;3-4H2,1-2H3;1-2H/b8-6+;;;. The zero-order valence-electron chi connectivity index (χ0n) is 21.3. The zero-order valence-corrected chi connectivity index (χ0v) is 21.3. The maximum Gasteiger partial charge on any atom is 0.159 e. The Bertz CT molecular complexity index is 976. The van der Waals surface area contributed by atoms with Crippen molar-refractivity contribution < 1.29 is 4.79 Å². The average Bonchev–Trinajstić information content (AvgIpc) is 2.85. The number of carbonyl (C=O) groups is 1. The van der Waals surface area contributed by atoms with Crippen LogP contribution in [-0.2, 0) is 6.42 Å². The molecule has 0 bridgehead atoms. The second kappa shape index (κ2) is 18.2. The number of hydrogen-bond donors (Lipinski definition) is 0. The second-order valence-corrected chi connectivity index (χ2v) is 7.80. The molecule has 0 saturated carbocycles. The maximum absolute atomic E-state index is 10.6. The van der Waals surface area contributed by atoms with Crippen LogP contribution in [0.1, 0.15) is 71.8 Å². The Hall–Kier alpha value is -3.37. The van der Waals surface area contributed by atoms with E-state index in [2.05, 4.69) is 102 Å². The summed E-state index contributed by atoms with van der Waals surface area (Å²) >= 11 is 0. The van der Waals surface area contributed by atoms with Crippen molar-refractivity contribution in [1.82, 2.24) is 0 Å². The summed E-state index contributed by atoms with van der Waals surface area (Å²) in [7, 11) is 0. The normalized spacial score (nSPS) is 9.45. The summed E-state index contributed by atoms with van der Waals surface area (Å²) in [6, 6.07) is 24.4. The summed E-state index contributed by atoms with van der Waals surface area (Å²) in [5.41, 5.74) is 7.53. The van der Waals surface area contributed by atoms with Gasteiger partial charge in [0.15, 0.2) is 5.78 Å². The van der Waals surface area contributed by atoms with Crippen LogP contribution >= 0.6 is 0 Å². The van der Waals surface area contributed by atoms with Gasteiger partial charge in [0, 0.05) is 5.56 Å². The van der Waals surface area contributed by atoms with E-state index in [1.807, 2.05) is 30.3 Å². The van der Waals surface area contributed by atoms with Gasteiger partial charge in [0.1, 0.15) is 0 Å². The number of unbranched alkanes of at least 4 members (excludes halogenated alkanes) is 1. The van der Waals surface area contributed by atoms with Crippen molar-refractivity contribution in [3.05, 3.63) is 112 Å². The molecule has 3 aromatic carbocycles. The van der Waals surface area contributed by atoms with Crippen molar-refractivity contribution in [1.29, 1.82) is 0 Å². The minimum Gasteiger partial charge on any atom is -0.295 e. The van der Waals surface area contributed by atoms with Crippen LogP contribution in [-0.4, -0.2) is 5.78 Å². The molecule has 33 heavy (non-hydrogen) atoms. The van der Waals surface area contributed by atoms with E-state index in [-0.39, 0.29) is 5.78 Å². The second-order valence-electron chi connectivity index (χ2n) is 7.80. The van der Waals surface area contributed by atoms with Gasteiger partial charge in [0.05, 0.1) is 0 Å². The maximum atomic E-state index is 10.6. The number of aryl methyl sites for hydroxylation is 3. The molecule has 0 unspecified atom stereocenters. The first kappa shape index (κ1) is 29.6. The summed E-state index contributed by atoms with van der Waals surface area (Å²) in [6.07, 6.45) is 16.1. The van der Waals surface area contributed by atoms with Crippen LogP contribution in [0.25, 0.3) is 6.08 Å². The van der Waals surface area contributed by atoms with Crippen molar-refractivity contribution >= 4 is 11.9 Å². The van der Waals surface area contributed by atoms with Crippen LogP contribution in [0.3, 0.4) is 0 Å². The zero-order chi connectivity index (χ0) is 25.1. The fourth-order valence-electron chi connectivity index (χ4n) is 2.70. The van der Waals surface area contributed by atoms with Gasteiger partial charge in [0.25, 0.3) is 0 Å². The number of terminal acetylenes is 1. The van der Waals surface area contributed by atoms with Crippen LogP contribution in [0.5, 0.6) is 0 Å². The molecule has 3 aromatic rings. The molecular formula is C32H40O. The third kappa shape index (κ3) is 12.9. The van der Waals surface area contributed by atoms with E-state index < -0.39 is 0 Å². The molecule has 0 radical (unpaired) electrons. The van der Waals surface area contributed by atoms with Crippen molar-refractivity contribution in [2.24, 2.45) is 0 Å². The highest BCUT2D eigenvalue weighted by Gasteiger charge is 1.95. The third-order valence-electron chi connectivity index (χ3n) is 5.12. The number of Topliss-reactive ketones (excluding diaryl/α,β-unsaturated/α-hetero) is 1. The SMILES string of the molecule is C#C.CC(=O)c1ccccc1.CCCC.Cc1ccc(/C=C/Cc2ccccc2C)cc1C. The van der Waals surface area contributed by atoms with Crippen molar-refractivity contribution in [3.63, 3.8) is 0 Å². The quantitative estimate of drug-likeness (QED) is 0.286. The first-order chi connectivity index (χ1) is 15.9. The highest BCUT2D eigenvalue weighted by molar-refractivity contribution is 5.93. The fraction of sp³-hybridized carbons (Fsp3) is 0.281. The highest BCUT2D eigenvalue weighted by Crippen LogP contribution is 2.13. The molecule has 1 nitrogen and oxygen atoms in total. The summed E-state index contributed by atoms with van der Waals surface area (Å²) in [6.45, 7) is 12.4. The van der Waals surface area contributed by atoms with Crippen molar-refractivity contribution in [2.75, 3.05) is 0 Å². The van der Waals surface area contributed by atoms with Crippen LogP contribution in [0, 0.1) is 33.6 Å². The molecule has 1 heteroatoms. The Labute approximate surface area is 202 Å². The van der Waals surface area contributed by atoms with Gasteiger partial charge in [-0.3, -0.25) is 4.79 Å². The van der Waals surface area contributed by atoms with Crippen LogP contribution < -0.4 is 0 Å². The Balaban J connectivity index is 0.000000569. The minimum absolute atomic E-state index is 0.121. The van der Waals surface area contributed by atoms with Crippen LogP contribution in [0.4, 0.5) is 0 Å². The highest BCUT2D eigenvalue weighted by atomic mass is 16.1. The number of hydrogen-bond acceptors (Lipinski definition) is 1. The van der Waals surface area contributed by atoms with Crippen LogP contribution in [0.15, 0.2) is 78.9 Å². The molecule has 0 saturated heterocycles. The Morgan fingerprint density at radius 3 is 1.82 bits per heavy atom. The third-order valence-corrected chi connectivity index (χ3v) is 5.12. The first-order valence-electron chi connectivity index (χ1n) is 11.6. The summed E-state index contributed by atoms with van der Waals surface area (Å²) in [5, 5.41) is 0. The smallest absolute Gasteiger partial charge is 0.159 e. The molecule has 0 N–H and O–H groups in total. The monoisotopic (exact) mass is 440 g/mol. The van der Waals surface area contributed by atoms with Gasteiger partial charge >= 0.3 is 0 Å². The summed E-state index contributed by atoms with van der Waals surface area (Å²) in [5.74, 6) is 0.121. The topological polar surface area (TPSA) is 17.1 Å². The molecule has 174 valence electrons. The molecule has 3 rings (SSSR count). The van der Waals surface area contributed by atoms with Gasteiger partial charge < -0.3 is 0 Å². The van der Waals surface area contributed by atoms with E-state index in [0.29, 0.717) is 0 Å². The van der Waals surface area contributed by atoms with E-state index in [1.165, 1.54) is 40.7 Å². The molecule has 0 aromatic heterocycles. The van der Waals surface area contributed by atoms with Gasteiger partial charge in [-0.05, 0) is 61.9 Å². The van der Waals surface area contributed by atoms with Gasteiger partial charge in [-0.25, -0.2) is 0 Å². The number of rotatable bonds is 5. The predicted octanol–water partition coefficient (Wildman–Crippen LogP) is 8.81. The number of allylic oxidation sites excluding steroid dienone is 1. The van der Waals surface area contributed by atoms with Gasteiger partial charge in [-0.2, -0.15) is 0 Å². The average molecular weight is 441 g/mol. The molecule has 0 fully saturated rings. The lowest BCUT2D eigenvalue weighted by Gasteiger charge is -2.02. The molecule has 0 amide bonds. The molecular weight excluding hydrogens is 400 g/mol. The lowest BCUT2D eigenvalue weighted by atomic mass is 10.0. The minimum atomic E-state index is 0.121. The fourth-order valence-corrected chi connectivity index (χ4v) is 2.70. The van der Waals surface area contributed by atoms with E-state index in [1.54, 1.807) is 6.92 Å². The van der Waals surface area contributed by atoms with E-state index in [9.17, 15) is 4.79 Å². The van der Waals surface area contributed by atoms with E-state index in [0.717, 1.165) is 12.0 Å². The predicted molar refractivity (Wildman–Crippen MR) is 147 cm³/mol. The molecule has 0 aliphatic carbocycles. The molecule has 0 heterocycles. The molecule has 0 aliphatic rings. The van der Waals surface area contributed by atoms with Crippen LogP contribution in [0.2, 0.25) is 0 Å². The molecule has 0 aliphatic heterocycles. The molecule has 0 atom stereocenters. The first-order valence-corrected chi connectivity index (χ1v) is 11.6. The van der Waals surface area contributed by atoms with Gasteiger partial charge in [0.2, 0.25) is 0 Å². The largest absolute Gasteiger partial charge is 0.295 e. The summed E-state index contributed by atoms with van der Waals surface area (Å²) in [4.78, 5) is 10.6. The number of carbonyl (C=O) groups excluding carboxylic acids is 1. The van der Waals surface area contributed by atoms with Gasteiger partial charge in [-0.15, -0.1) is 12.8 Å². The van der Waals surface area contributed by atoms with Crippen molar-refractivity contribution in [3.8, 4) is 12.8 Å². The van der Waals surface area contributed by atoms with Crippen molar-refractivity contribution in [2.45, 2.75) is 60.8 Å². The lowest BCUT2D eigenvalue weighted by molar-refractivity contribution is 0.101.